The monoisotopic (exact) mass is 468 g/mol. The molecule has 0 saturated heterocycles. The number of methoxy groups -OCH3 is 1. The zero-order valence-electron chi connectivity index (χ0n) is 17.8. The highest BCUT2D eigenvalue weighted by molar-refractivity contribution is 7.07. The summed E-state index contributed by atoms with van der Waals surface area (Å²) >= 11 is 7.26. The number of carbonyl (C=O) groups excluding carboxylic acids is 1. The van der Waals surface area contributed by atoms with E-state index >= 15 is 0 Å². The molecule has 6 nitrogen and oxygen atoms in total. The number of aromatic nitrogens is 1. The van der Waals surface area contributed by atoms with Crippen LogP contribution in [0.1, 0.15) is 31.0 Å². The first-order chi connectivity index (χ1) is 15.4. The molecule has 0 radical (unpaired) electrons. The maximum atomic E-state index is 13.5. The Bertz CT molecular complexity index is 1370. The quantitative estimate of drug-likeness (QED) is 0.538. The molecule has 1 aliphatic rings. The molecule has 1 aromatic heterocycles. The van der Waals surface area contributed by atoms with Crippen molar-refractivity contribution < 1.29 is 14.3 Å². The second-order valence-corrected chi connectivity index (χ2v) is 8.57. The molecule has 0 N–H and O–H groups in total. The number of halogens is 1. The zero-order valence-corrected chi connectivity index (χ0v) is 19.4. The molecule has 2 heterocycles. The van der Waals surface area contributed by atoms with Crippen LogP contribution < -0.4 is 19.6 Å². The van der Waals surface area contributed by atoms with Gasteiger partial charge in [-0.1, -0.05) is 47.2 Å². The van der Waals surface area contributed by atoms with Crippen LogP contribution in [0.5, 0.6) is 5.75 Å². The van der Waals surface area contributed by atoms with Gasteiger partial charge in [-0.15, -0.1) is 0 Å². The topological polar surface area (TPSA) is 69.9 Å². The fourth-order valence-corrected chi connectivity index (χ4v) is 4.78. The predicted molar refractivity (Wildman–Crippen MR) is 125 cm³/mol. The van der Waals surface area contributed by atoms with Crippen molar-refractivity contribution in [3.63, 3.8) is 0 Å². The highest BCUT2D eigenvalue weighted by Gasteiger charge is 2.33. The SMILES string of the molecule is CCOC(=O)C1=C(C)N=c2sc(=Cc3ccc(Cl)cc3)c(=O)n2[C@@H]1c1ccc(OC)cc1. The number of nitrogens with zero attached hydrogens (tertiary/aromatic N) is 2. The van der Waals surface area contributed by atoms with Crippen LogP contribution in [0, 0.1) is 0 Å². The summed E-state index contributed by atoms with van der Waals surface area (Å²) in [5, 5.41) is 0.623. The molecule has 3 aromatic rings. The summed E-state index contributed by atoms with van der Waals surface area (Å²) in [5.41, 5.74) is 2.27. The highest BCUT2D eigenvalue weighted by Crippen LogP contribution is 2.31. The lowest BCUT2D eigenvalue weighted by Crippen LogP contribution is -2.39. The number of hydrogen-bond donors (Lipinski definition) is 0. The first-order valence-electron chi connectivity index (χ1n) is 10.0. The third-order valence-electron chi connectivity index (χ3n) is 5.12. The Morgan fingerprint density at radius 1 is 1.19 bits per heavy atom. The number of esters is 1. The number of hydrogen-bond acceptors (Lipinski definition) is 6. The summed E-state index contributed by atoms with van der Waals surface area (Å²) in [7, 11) is 1.59. The van der Waals surface area contributed by atoms with Crippen molar-refractivity contribution in [3.8, 4) is 5.75 Å². The minimum Gasteiger partial charge on any atom is -0.497 e. The number of benzene rings is 2. The Morgan fingerprint density at radius 3 is 2.50 bits per heavy atom. The Kier molecular flexibility index (Phi) is 6.30. The number of thiazole rings is 1. The van der Waals surface area contributed by atoms with Crippen molar-refractivity contribution >= 4 is 35.0 Å². The molecule has 8 heteroatoms. The molecular weight excluding hydrogens is 448 g/mol. The van der Waals surface area contributed by atoms with Crippen molar-refractivity contribution in [2.24, 2.45) is 4.99 Å². The van der Waals surface area contributed by atoms with Crippen molar-refractivity contribution in [2.45, 2.75) is 19.9 Å². The van der Waals surface area contributed by atoms with Crippen molar-refractivity contribution in [2.75, 3.05) is 13.7 Å². The van der Waals surface area contributed by atoms with Gasteiger partial charge in [-0.3, -0.25) is 9.36 Å². The van der Waals surface area contributed by atoms with Gasteiger partial charge in [-0.2, -0.15) is 0 Å². The summed E-state index contributed by atoms with van der Waals surface area (Å²) in [5.74, 6) is 0.198. The summed E-state index contributed by atoms with van der Waals surface area (Å²) < 4.78 is 12.6. The third kappa shape index (κ3) is 4.13. The van der Waals surface area contributed by atoms with Crippen LogP contribution in [0.2, 0.25) is 5.02 Å². The van der Waals surface area contributed by atoms with Crippen LogP contribution >= 0.6 is 22.9 Å². The summed E-state index contributed by atoms with van der Waals surface area (Å²) in [4.78, 5) is 31.5. The van der Waals surface area contributed by atoms with Crippen molar-refractivity contribution in [3.05, 3.63) is 95.6 Å². The van der Waals surface area contributed by atoms with E-state index < -0.39 is 12.0 Å². The fraction of sp³-hybridized carbons (Fsp3) is 0.208. The third-order valence-corrected chi connectivity index (χ3v) is 6.35. The van der Waals surface area contributed by atoms with Crippen LogP contribution in [0.4, 0.5) is 0 Å². The number of allylic oxidation sites excluding steroid dienone is 1. The molecule has 4 rings (SSSR count). The number of ether oxygens (including phenoxy) is 2. The van der Waals surface area contributed by atoms with Gasteiger partial charge >= 0.3 is 5.97 Å². The molecule has 0 amide bonds. The molecule has 0 aliphatic carbocycles. The van der Waals surface area contributed by atoms with Gasteiger partial charge in [-0.05, 0) is 55.3 Å². The van der Waals surface area contributed by atoms with Gasteiger partial charge in [0.05, 0.1) is 35.6 Å². The van der Waals surface area contributed by atoms with Crippen molar-refractivity contribution in [1.29, 1.82) is 0 Å². The van der Waals surface area contributed by atoms with Crippen LogP contribution in [0.15, 0.2) is 69.6 Å². The summed E-state index contributed by atoms with van der Waals surface area (Å²) in [6.07, 6.45) is 1.80. The van der Waals surface area contributed by atoms with Gasteiger partial charge in [0.2, 0.25) is 0 Å². The largest absolute Gasteiger partial charge is 0.497 e. The Balaban J connectivity index is 1.93. The Morgan fingerprint density at radius 2 is 1.88 bits per heavy atom. The molecule has 1 atom stereocenters. The van der Waals surface area contributed by atoms with Gasteiger partial charge in [0, 0.05) is 5.02 Å². The van der Waals surface area contributed by atoms with E-state index in [4.69, 9.17) is 21.1 Å². The molecule has 1 aliphatic heterocycles. The second kappa shape index (κ2) is 9.14. The molecule has 32 heavy (non-hydrogen) atoms. The lowest BCUT2D eigenvalue weighted by atomic mass is 9.96. The van der Waals surface area contributed by atoms with E-state index in [0.717, 1.165) is 11.1 Å². The minimum absolute atomic E-state index is 0.223. The summed E-state index contributed by atoms with van der Waals surface area (Å²) in [6.45, 7) is 3.74. The van der Waals surface area contributed by atoms with E-state index in [0.29, 0.717) is 31.4 Å². The molecule has 0 bridgehead atoms. The molecule has 0 unspecified atom stereocenters. The standard InChI is InChI=1S/C24H21ClN2O4S/c1-4-31-23(29)20-14(2)26-24-27(21(20)16-7-11-18(30-3)12-8-16)22(28)19(32-24)13-15-5-9-17(25)10-6-15/h5-13,21H,4H2,1-3H3/t21-/m1/s1. The van der Waals surface area contributed by atoms with Crippen LogP contribution in [-0.4, -0.2) is 24.3 Å². The van der Waals surface area contributed by atoms with Crippen molar-refractivity contribution in [1.82, 2.24) is 4.57 Å². The average molecular weight is 469 g/mol. The van der Waals surface area contributed by atoms with E-state index in [9.17, 15) is 9.59 Å². The summed E-state index contributed by atoms with van der Waals surface area (Å²) in [6, 6.07) is 13.9. The smallest absolute Gasteiger partial charge is 0.338 e. The average Bonchev–Trinajstić information content (AvgIpc) is 3.09. The predicted octanol–water partition coefficient (Wildman–Crippen LogP) is 3.46. The fourth-order valence-electron chi connectivity index (χ4n) is 3.60. The zero-order chi connectivity index (χ0) is 22.8. The first-order valence-corrected chi connectivity index (χ1v) is 11.2. The van der Waals surface area contributed by atoms with Gasteiger partial charge in [0.15, 0.2) is 4.80 Å². The van der Waals surface area contributed by atoms with E-state index in [1.807, 2.05) is 24.3 Å². The molecule has 2 aromatic carbocycles. The molecule has 0 spiro atoms. The van der Waals surface area contributed by atoms with Gasteiger partial charge in [0.25, 0.3) is 5.56 Å². The van der Waals surface area contributed by atoms with E-state index in [2.05, 4.69) is 4.99 Å². The van der Waals surface area contributed by atoms with E-state index in [1.165, 1.54) is 11.3 Å². The molecule has 0 saturated carbocycles. The maximum absolute atomic E-state index is 13.5. The van der Waals surface area contributed by atoms with Crippen LogP contribution in [-0.2, 0) is 9.53 Å². The Hall–Kier alpha value is -3.16. The maximum Gasteiger partial charge on any atom is 0.338 e. The normalized spacial score (nSPS) is 15.9. The van der Waals surface area contributed by atoms with E-state index in [1.54, 1.807) is 55.9 Å². The number of carbonyl (C=O) groups is 1. The minimum atomic E-state index is -0.649. The molecular formula is C24H21ClN2O4S. The lowest BCUT2D eigenvalue weighted by molar-refractivity contribution is -0.139. The lowest BCUT2D eigenvalue weighted by Gasteiger charge is -2.24. The van der Waals surface area contributed by atoms with Crippen LogP contribution in [0.25, 0.3) is 6.08 Å². The van der Waals surface area contributed by atoms with Crippen LogP contribution in [0.3, 0.4) is 0 Å². The van der Waals surface area contributed by atoms with Gasteiger partial charge < -0.3 is 9.47 Å². The number of fused-ring (bicyclic) bond motifs is 1. The highest BCUT2D eigenvalue weighted by atomic mass is 35.5. The second-order valence-electron chi connectivity index (χ2n) is 7.13. The molecule has 0 fully saturated rings. The Labute approximate surface area is 193 Å². The first kappa shape index (κ1) is 22.0. The molecule has 164 valence electrons. The number of rotatable bonds is 5. The van der Waals surface area contributed by atoms with Gasteiger partial charge in [-0.25, -0.2) is 9.79 Å². The van der Waals surface area contributed by atoms with E-state index in [-0.39, 0.29) is 12.2 Å². The van der Waals surface area contributed by atoms with Gasteiger partial charge in [0.1, 0.15) is 5.75 Å².